The summed E-state index contributed by atoms with van der Waals surface area (Å²) in [4.78, 5) is 12.1. The molecule has 1 heterocycles. The van der Waals surface area contributed by atoms with Crippen molar-refractivity contribution in [3.63, 3.8) is 0 Å². The third kappa shape index (κ3) is 4.33. The van der Waals surface area contributed by atoms with Crippen LogP contribution in [0.5, 0.6) is 11.5 Å². The van der Waals surface area contributed by atoms with Crippen molar-refractivity contribution in [1.82, 2.24) is 10.2 Å². The van der Waals surface area contributed by atoms with Gasteiger partial charge in [0.15, 0.2) is 0 Å². The van der Waals surface area contributed by atoms with E-state index < -0.39 is 0 Å². The topological polar surface area (TPSA) is 73.3 Å². The summed E-state index contributed by atoms with van der Waals surface area (Å²) in [5.41, 5.74) is 1.83. The third-order valence-electron chi connectivity index (χ3n) is 3.53. The molecule has 0 aliphatic carbocycles. The van der Waals surface area contributed by atoms with Crippen LogP contribution in [0.4, 0.5) is 5.13 Å². The lowest BCUT2D eigenvalue weighted by Crippen LogP contribution is -2.14. The Morgan fingerprint density at radius 1 is 0.960 bits per heavy atom. The minimum Gasteiger partial charge on any atom is -0.497 e. The van der Waals surface area contributed by atoms with Gasteiger partial charge in [-0.15, -0.1) is 10.2 Å². The number of hydrogen-bond acceptors (Lipinski definition) is 6. The second-order valence-corrected chi connectivity index (χ2v) is 6.19. The van der Waals surface area contributed by atoms with Gasteiger partial charge in [-0.2, -0.15) is 0 Å². The lowest BCUT2D eigenvalue weighted by atomic mass is 10.1. The lowest BCUT2D eigenvalue weighted by molar-refractivity contribution is -0.115. The highest BCUT2D eigenvalue weighted by Crippen LogP contribution is 2.27. The number of aromatic nitrogens is 2. The normalized spacial score (nSPS) is 10.3. The van der Waals surface area contributed by atoms with Crippen molar-refractivity contribution in [2.24, 2.45) is 0 Å². The van der Waals surface area contributed by atoms with Gasteiger partial charge in [-0.05, 0) is 42.0 Å². The van der Waals surface area contributed by atoms with Crippen molar-refractivity contribution in [2.45, 2.75) is 6.42 Å². The summed E-state index contributed by atoms with van der Waals surface area (Å²) in [6, 6.07) is 14.9. The van der Waals surface area contributed by atoms with Crippen LogP contribution in [0.15, 0.2) is 48.5 Å². The van der Waals surface area contributed by atoms with Crippen LogP contribution < -0.4 is 14.8 Å². The predicted molar refractivity (Wildman–Crippen MR) is 97.2 cm³/mol. The number of rotatable bonds is 6. The van der Waals surface area contributed by atoms with Gasteiger partial charge in [-0.1, -0.05) is 23.5 Å². The zero-order chi connectivity index (χ0) is 17.6. The highest BCUT2D eigenvalue weighted by Gasteiger charge is 2.10. The molecule has 1 aromatic heterocycles. The number of carbonyl (C=O) groups excluding carboxylic acids is 1. The van der Waals surface area contributed by atoms with Gasteiger partial charge in [0.1, 0.15) is 16.5 Å². The molecule has 3 rings (SSSR count). The van der Waals surface area contributed by atoms with Crippen LogP contribution in [0.1, 0.15) is 5.56 Å². The van der Waals surface area contributed by atoms with E-state index in [4.69, 9.17) is 9.47 Å². The summed E-state index contributed by atoms with van der Waals surface area (Å²) in [5.74, 6) is 1.40. The summed E-state index contributed by atoms with van der Waals surface area (Å²) in [6.45, 7) is 0. The minimum atomic E-state index is -0.136. The summed E-state index contributed by atoms with van der Waals surface area (Å²) in [7, 11) is 3.23. The van der Waals surface area contributed by atoms with Crippen LogP contribution in [0.25, 0.3) is 10.6 Å². The first-order valence-corrected chi connectivity index (χ1v) is 8.40. The third-order valence-corrected chi connectivity index (χ3v) is 4.42. The second-order valence-electron chi connectivity index (χ2n) is 5.21. The van der Waals surface area contributed by atoms with Gasteiger partial charge in [0, 0.05) is 5.56 Å². The number of nitrogens with one attached hydrogen (secondary N) is 1. The molecular weight excluding hydrogens is 338 g/mol. The van der Waals surface area contributed by atoms with Gasteiger partial charge >= 0.3 is 0 Å². The fraction of sp³-hybridized carbons (Fsp3) is 0.167. The molecule has 7 heteroatoms. The first-order chi connectivity index (χ1) is 12.2. The Hall–Kier alpha value is -2.93. The Morgan fingerprint density at radius 2 is 1.56 bits per heavy atom. The Kier molecular flexibility index (Phi) is 5.25. The highest BCUT2D eigenvalue weighted by atomic mass is 32.1. The number of nitrogens with zero attached hydrogens (tertiary/aromatic N) is 2. The van der Waals surface area contributed by atoms with Crippen LogP contribution in [0, 0.1) is 0 Å². The second kappa shape index (κ2) is 7.76. The number of methoxy groups -OCH3 is 2. The summed E-state index contributed by atoms with van der Waals surface area (Å²) in [5, 5.41) is 12.1. The van der Waals surface area contributed by atoms with E-state index in [1.54, 1.807) is 14.2 Å². The number of anilines is 1. The summed E-state index contributed by atoms with van der Waals surface area (Å²) < 4.78 is 10.2. The van der Waals surface area contributed by atoms with Crippen molar-refractivity contribution in [1.29, 1.82) is 0 Å². The molecule has 0 spiro atoms. The average molecular weight is 355 g/mol. The SMILES string of the molecule is COc1ccc(CC(=O)Nc2nnc(-c3ccc(OC)cc3)s2)cc1. The maximum absolute atomic E-state index is 12.1. The van der Waals surface area contributed by atoms with Crippen molar-refractivity contribution in [2.75, 3.05) is 19.5 Å². The molecule has 0 radical (unpaired) electrons. The number of benzene rings is 2. The molecule has 0 atom stereocenters. The van der Waals surface area contributed by atoms with E-state index in [0.717, 1.165) is 27.6 Å². The van der Waals surface area contributed by atoms with Gasteiger partial charge in [0.25, 0.3) is 0 Å². The van der Waals surface area contributed by atoms with E-state index in [9.17, 15) is 4.79 Å². The first kappa shape index (κ1) is 16.9. The molecule has 0 bridgehead atoms. The Balaban J connectivity index is 1.62. The summed E-state index contributed by atoms with van der Waals surface area (Å²) >= 11 is 1.33. The molecule has 2 aromatic carbocycles. The van der Waals surface area contributed by atoms with Gasteiger partial charge in [0.05, 0.1) is 20.6 Å². The van der Waals surface area contributed by atoms with Crippen LogP contribution in [0.2, 0.25) is 0 Å². The number of hydrogen-bond donors (Lipinski definition) is 1. The Bertz CT molecular complexity index is 845. The fourth-order valence-corrected chi connectivity index (χ4v) is 2.98. The van der Waals surface area contributed by atoms with Crippen molar-refractivity contribution in [3.8, 4) is 22.1 Å². The van der Waals surface area contributed by atoms with E-state index in [1.807, 2.05) is 48.5 Å². The molecule has 128 valence electrons. The molecule has 25 heavy (non-hydrogen) atoms. The zero-order valence-electron chi connectivity index (χ0n) is 13.9. The van der Waals surface area contributed by atoms with Crippen molar-refractivity contribution in [3.05, 3.63) is 54.1 Å². The van der Waals surface area contributed by atoms with E-state index >= 15 is 0 Å². The molecule has 0 unspecified atom stereocenters. The molecule has 0 saturated carbocycles. The van der Waals surface area contributed by atoms with Crippen molar-refractivity contribution >= 4 is 22.4 Å². The smallest absolute Gasteiger partial charge is 0.230 e. The molecule has 1 N–H and O–H groups in total. The standard InChI is InChI=1S/C18H17N3O3S/c1-23-14-7-3-12(4-8-14)11-16(22)19-18-21-20-17(25-18)13-5-9-15(24-2)10-6-13/h3-10H,11H2,1-2H3,(H,19,21,22). The summed E-state index contributed by atoms with van der Waals surface area (Å²) in [6.07, 6.45) is 0.265. The van der Waals surface area contributed by atoms with E-state index in [-0.39, 0.29) is 12.3 Å². The van der Waals surface area contributed by atoms with Crippen LogP contribution in [-0.2, 0) is 11.2 Å². The lowest BCUT2D eigenvalue weighted by Gasteiger charge is -2.03. The molecule has 0 fully saturated rings. The molecule has 0 aliphatic heterocycles. The molecule has 0 aliphatic rings. The number of amides is 1. The number of ether oxygens (including phenoxy) is 2. The van der Waals surface area contributed by atoms with E-state index in [0.29, 0.717) is 5.13 Å². The van der Waals surface area contributed by atoms with E-state index in [2.05, 4.69) is 15.5 Å². The fourth-order valence-electron chi connectivity index (χ4n) is 2.22. The molecule has 0 saturated heterocycles. The highest BCUT2D eigenvalue weighted by molar-refractivity contribution is 7.18. The van der Waals surface area contributed by atoms with Gasteiger partial charge < -0.3 is 14.8 Å². The van der Waals surface area contributed by atoms with Gasteiger partial charge in [0.2, 0.25) is 11.0 Å². The quantitative estimate of drug-likeness (QED) is 0.733. The predicted octanol–water partition coefficient (Wildman–Crippen LogP) is 3.40. The monoisotopic (exact) mass is 355 g/mol. The minimum absolute atomic E-state index is 0.136. The van der Waals surface area contributed by atoms with Gasteiger partial charge in [-0.25, -0.2) is 0 Å². The van der Waals surface area contributed by atoms with Crippen LogP contribution in [-0.4, -0.2) is 30.3 Å². The molecule has 3 aromatic rings. The molecular formula is C18H17N3O3S. The van der Waals surface area contributed by atoms with E-state index in [1.165, 1.54) is 11.3 Å². The first-order valence-electron chi connectivity index (χ1n) is 7.58. The Labute approximate surface area is 149 Å². The van der Waals surface area contributed by atoms with Crippen LogP contribution >= 0.6 is 11.3 Å². The maximum Gasteiger partial charge on any atom is 0.230 e. The van der Waals surface area contributed by atoms with Crippen molar-refractivity contribution < 1.29 is 14.3 Å². The van der Waals surface area contributed by atoms with Gasteiger partial charge in [-0.3, -0.25) is 4.79 Å². The average Bonchev–Trinajstić information content (AvgIpc) is 3.10. The van der Waals surface area contributed by atoms with Crippen LogP contribution in [0.3, 0.4) is 0 Å². The maximum atomic E-state index is 12.1. The molecule has 6 nitrogen and oxygen atoms in total. The largest absolute Gasteiger partial charge is 0.497 e. The zero-order valence-corrected chi connectivity index (χ0v) is 14.7. The number of carbonyl (C=O) groups is 1. The Morgan fingerprint density at radius 3 is 2.16 bits per heavy atom. The molecule has 1 amide bonds.